The predicted molar refractivity (Wildman–Crippen MR) is 133 cm³/mol. The molecule has 178 valence electrons. The zero-order chi connectivity index (χ0) is 24.6. The topological polar surface area (TPSA) is 93.5 Å². The van der Waals surface area contributed by atoms with Crippen molar-refractivity contribution in [3.8, 4) is 5.75 Å². The third-order valence-electron chi connectivity index (χ3n) is 5.93. The first-order chi connectivity index (χ1) is 16.1. The lowest BCUT2D eigenvalue weighted by molar-refractivity contribution is -0.142. The Morgan fingerprint density at radius 1 is 1.21 bits per heavy atom. The first-order valence-electron chi connectivity index (χ1n) is 11.0. The average Bonchev–Trinajstić information content (AvgIpc) is 2.78. The van der Waals surface area contributed by atoms with E-state index in [1.807, 2.05) is 31.2 Å². The molecular formula is C25H27BrN4O4. The van der Waals surface area contributed by atoms with E-state index in [9.17, 15) is 14.4 Å². The number of amides is 2. The Morgan fingerprint density at radius 2 is 1.88 bits per heavy atom. The van der Waals surface area contributed by atoms with E-state index in [0.717, 1.165) is 11.1 Å². The molecule has 4 rings (SSSR count). The van der Waals surface area contributed by atoms with Crippen LogP contribution in [0, 0.1) is 12.3 Å². The van der Waals surface area contributed by atoms with Crippen molar-refractivity contribution in [2.45, 2.75) is 33.9 Å². The van der Waals surface area contributed by atoms with Crippen LogP contribution in [0.4, 0.5) is 0 Å². The summed E-state index contributed by atoms with van der Waals surface area (Å²) in [7, 11) is 1.50. The van der Waals surface area contributed by atoms with Crippen molar-refractivity contribution in [3.05, 3.63) is 68.0 Å². The van der Waals surface area contributed by atoms with E-state index in [2.05, 4.69) is 40.1 Å². The van der Waals surface area contributed by atoms with E-state index in [1.165, 1.54) is 23.9 Å². The van der Waals surface area contributed by atoms with Crippen molar-refractivity contribution in [1.29, 1.82) is 0 Å². The average molecular weight is 527 g/mol. The molecule has 2 amide bonds. The van der Waals surface area contributed by atoms with E-state index in [4.69, 9.17) is 4.74 Å². The van der Waals surface area contributed by atoms with E-state index in [0.29, 0.717) is 28.7 Å². The van der Waals surface area contributed by atoms with Gasteiger partial charge in [-0.1, -0.05) is 43.7 Å². The minimum absolute atomic E-state index is 0.0622. The lowest BCUT2D eigenvalue weighted by Crippen LogP contribution is -2.56. The molecule has 0 spiro atoms. The molecule has 0 atom stereocenters. The molecule has 0 unspecified atom stereocenters. The van der Waals surface area contributed by atoms with Gasteiger partial charge in [-0.15, -0.1) is 0 Å². The number of nitrogens with zero attached hydrogens (tertiary/aromatic N) is 3. The van der Waals surface area contributed by atoms with Crippen LogP contribution in [0.5, 0.6) is 5.75 Å². The molecule has 1 aromatic carbocycles. The van der Waals surface area contributed by atoms with Gasteiger partial charge < -0.3 is 15.0 Å². The van der Waals surface area contributed by atoms with Crippen molar-refractivity contribution < 1.29 is 14.3 Å². The second-order valence-corrected chi connectivity index (χ2v) is 10.3. The molecule has 3 heterocycles. The third kappa shape index (κ3) is 4.70. The van der Waals surface area contributed by atoms with Gasteiger partial charge in [0, 0.05) is 25.8 Å². The maximum absolute atomic E-state index is 13.4. The van der Waals surface area contributed by atoms with Crippen LogP contribution in [0.2, 0.25) is 0 Å². The second kappa shape index (κ2) is 9.21. The highest BCUT2D eigenvalue weighted by Gasteiger charge is 2.37. The highest BCUT2D eigenvalue weighted by molar-refractivity contribution is 9.10. The number of pyridine rings is 2. The number of methoxy groups -OCH3 is 1. The molecule has 8 nitrogen and oxygen atoms in total. The van der Waals surface area contributed by atoms with Crippen LogP contribution in [0.1, 0.15) is 35.3 Å². The van der Waals surface area contributed by atoms with Crippen LogP contribution in [-0.4, -0.2) is 46.5 Å². The third-order valence-corrected chi connectivity index (χ3v) is 6.49. The van der Waals surface area contributed by atoms with Gasteiger partial charge in [-0.3, -0.25) is 19.0 Å². The zero-order valence-corrected chi connectivity index (χ0v) is 21.2. The molecule has 0 saturated carbocycles. The minimum Gasteiger partial charge on any atom is -0.495 e. The van der Waals surface area contributed by atoms with Crippen LogP contribution in [0.25, 0.3) is 11.0 Å². The number of halogens is 1. The summed E-state index contributed by atoms with van der Waals surface area (Å²) in [6, 6.07) is 9.24. The zero-order valence-electron chi connectivity index (χ0n) is 19.6. The number of benzene rings is 1. The van der Waals surface area contributed by atoms with Crippen molar-refractivity contribution in [1.82, 2.24) is 19.8 Å². The number of ether oxygens (including phenoxy) is 1. The fourth-order valence-corrected chi connectivity index (χ4v) is 4.65. The molecule has 1 saturated heterocycles. The van der Waals surface area contributed by atoms with Gasteiger partial charge in [0.2, 0.25) is 5.91 Å². The molecule has 2 aromatic heterocycles. The maximum atomic E-state index is 13.4. The number of carbonyl (C=O) groups excluding carboxylic acids is 2. The summed E-state index contributed by atoms with van der Waals surface area (Å²) in [5.74, 6) is -0.284. The van der Waals surface area contributed by atoms with E-state index in [1.54, 1.807) is 4.90 Å². The van der Waals surface area contributed by atoms with E-state index >= 15 is 0 Å². The van der Waals surface area contributed by atoms with Crippen LogP contribution < -0.4 is 15.6 Å². The van der Waals surface area contributed by atoms with Crippen LogP contribution >= 0.6 is 15.9 Å². The summed E-state index contributed by atoms with van der Waals surface area (Å²) >= 11 is 3.41. The smallest absolute Gasteiger partial charge is 0.265 e. The van der Waals surface area contributed by atoms with Crippen LogP contribution in [-0.2, 0) is 17.9 Å². The fourth-order valence-electron chi connectivity index (χ4n) is 4.17. The van der Waals surface area contributed by atoms with Gasteiger partial charge in [0.15, 0.2) is 0 Å². The Balaban J connectivity index is 1.71. The van der Waals surface area contributed by atoms with E-state index < -0.39 is 11.5 Å². The van der Waals surface area contributed by atoms with Gasteiger partial charge in [-0.25, -0.2) is 4.98 Å². The molecule has 0 aliphatic carbocycles. The highest BCUT2D eigenvalue weighted by Crippen LogP contribution is 2.32. The van der Waals surface area contributed by atoms with Gasteiger partial charge in [0.25, 0.3) is 11.5 Å². The quantitative estimate of drug-likeness (QED) is 0.531. The van der Waals surface area contributed by atoms with Gasteiger partial charge in [0.05, 0.1) is 17.0 Å². The number of fused-ring (bicyclic) bond motifs is 1. The Morgan fingerprint density at radius 3 is 2.50 bits per heavy atom. The Hall–Kier alpha value is -3.20. The number of hydrogen-bond acceptors (Lipinski definition) is 5. The van der Waals surface area contributed by atoms with Crippen molar-refractivity contribution in [3.63, 3.8) is 0 Å². The van der Waals surface area contributed by atoms with Crippen molar-refractivity contribution in [2.24, 2.45) is 5.41 Å². The van der Waals surface area contributed by atoms with Crippen LogP contribution in [0.3, 0.4) is 0 Å². The highest BCUT2D eigenvalue weighted by atomic mass is 79.9. The Bertz CT molecular complexity index is 1320. The van der Waals surface area contributed by atoms with Gasteiger partial charge in [0.1, 0.15) is 23.5 Å². The summed E-state index contributed by atoms with van der Waals surface area (Å²) in [6.45, 7) is 7.47. The van der Waals surface area contributed by atoms with Gasteiger partial charge in [-0.2, -0.15) is 0 Å². The summed E-state index contributed by atoms with van der Waals surface area (Å²) in [4.78, 5) is 45.5. The molecule has 3 aromatic rings. The van der Waals surface area contributed by atoms with Gasteiger partial charge in [-0.05, 0) is 39.9 Å². The lowest BCUT2D eigenvalue weighted by Gasteiger charge is -2.45. The molecule has 1 aliphatic rings. The number of rotatable bonds is 6. The molecule has 1 fully saturated rings. The Kier molecular flexibility index (Phi) is 6.49. The largest absolute Gasteiger partial charge is 0.495 e. The molecule has 34 heavy (non-hydrogen) atoms. The van der Waals surface area contributed by atoms with Gasteiger partial charge >= 0.3 is 0 Å². The van der Waals surface area contributed by atoms with Crippen LogP contribution in [0.15, 0.2) is 45.8 Å². The van der Waals surface area contributed by atoms with E-state index in [-0.39, 0.29) is 35.6 Å². The fraction of sp³-hybridized carbons (Fsp3) is 0.360. The summed E-state index contributed by atoms with van der Waals surface area (Å²) in [6.07, 6.45) is 1.52. The molecule has 0 bridgehead atoms. The summed E-state index contributed by atoms with van der Waals surface area (Å²) in [5, 5.41) is 3.27. The predicted octanol–water partition coefficient (Wildman–Crippen LogP) is 3.27. The SMILES string of the molecule is COc1c(Br)cnc2c1cc(C(=O)NCc1ccc(C)cc1)c(=O)n2CC(=O)N1CC(C)(C)C1. The summed E-state index contributed by atoms with van der Waals surface area (Å²) in [5.41, 5.74) is 1.74. The number of hydrogen-bond donors (Lipinski definition) is 1. The molecule has 1 aliphatic heterocycles. The maximum Gasteiger partial charge on any atom is 0.265 e. The first-order valence-corrected chi connectivity index (χ1v) is 11.8. The number of aryl methyl sites for hydroxylation is 1. The molecule has 9 heteroatoms. The Labute approximate surface area is 206 Å². The number of nitrogens with one attached hydrogen (secondary N) is 1. The summed E-state index contributed by atoms with van der Waals surface area (Å²) < 4.78 is 7.35. The number of carbonyl (C=O) groups is 2. The first kappa shape index (κ1) is 23.9. The van der Waals surface area contributed by atoms with Crippen molar-refractivity contribution >= 4 is 38.8 Å². The van der Waals surface area contributed by atoms with Crippen molar-refractivity contribution in [2.75, 3.05) is 20.2 Å². The number of aromatic nitrogens is 2. The monoisotopic (exact) mass is 526 g/mol. The standard InChI is InChI=1S/C25H27BrN4O4/c1-15-5-7-16(8-6-15)10-28-23(32)18-9-17-21(34-4)19(26)11-27-22(17)30(24(18)33)12-20(31)29-13-25(2,3)14-29/h5-9,11H,10,12-14H2,1-4H3,(H,28,32). The minimum atomic E-state index is -0.570. The molecule has 0 radical (unpaired) electrons. The molecular weight excluding hydrogens is 500 g/mol. The lowest BCUT2D eigenvalue weighted by atomic mass is 9.84. The molecule has 1 N–H and O–H groups in total. The second-order valence-electron chi connectivity index (χ2n) is 9.41. The normalized spacial score (nSPS) is 14.6. The number of likely N-dealkylation sites (tertiary alicyclic amines) is 1.